The Kier molecular flexibility index (Phi) is 7.47. The highest BCUT2D eigenvalue weighted by Crippen LogP contribution is 2.22. The van der Waals surface area contributed by atoms with Gasteiger partial charge in [-0.15, -0.1) is 0 Å². The average Bonchev–Trinajstić information content (AvgIpc) is 2.64. The molecule has 0 radical (unpaired) electrons. The summed E-state index contributed by atoms with van der Waals surface area (Å²) in [5.74, 6) is 3.59. The van der Waals surface area contributed by atoms with Crippen LogP contribution in [-0.4, -0.2) is 6.61 Å². The van der Waals surface area contributed by atoms with Crippen LogP contribution in [0.5, 0.6) is 5.75 Å². The number of benzene rings is 2. The summed E-state index contributed by atoms with van der Waals surface area (Å²) in [6.45, 7) is 4.59. The zero-order valence-electron chi connectivity index (χ0n) is 14.9. The highest BCUT2D eigenvalue weighted by Gasteiger charge is 2.13. The Morgan fingerprint density at radius 3 is 2.28 bits per heavy atom. The lowest BCUT2D eigenvalue weighted by molar-refractivity contribution is 0.285. The maximum atomic E-state index is 14.2. The number of unbranched alkanes of at least 4 members (excludes halogenated alkanes) is 3. The monoisotopic (exact) mass is 342 g/mol. The summed E-state index contributed by atoms with van der Waals surface area (Å²) >= 11 is 0. The van der Waals surface area contributed by atoms with Crippen LogP contribution in [-0.2, 0) is 6.42 Å². The summed E-state index contributed by atoms with van der Waals surface area (Å²) in [6.07, 6.45) is 5.06. The Morgan fingerprint density at radius 2 is 1.60 bits per heavy atom. The standard InChI is InChI=1S/C22H24F2O/c1-3-5-6-7-16-25-20-15-14-19(21(23)22(20)24)13-12-18-10-8-17(4-2)9-11-18/h8-11,14-15H,3-7,16H2,1-2H3. The normalized spacial score (nSPS) is 10.2. The summed E-state index contributed by atoms with van der Waals surface area (Å²) in [6, 6.07) is 10.6. The molecule has 0 atom stereocenters. The summed E-state index contributed by atoms with van der Waals surface area (Å²) in [4.78, 5) is 0. The van der Waals surface area contributed by atoms with Crippen molar-refractivity contribution in [2.24, 2.45) is 0 Å². The van der Waals surface area contributed by atoms with Crippen LogP contribution in [0.1, 0.15) is 56.2 Å². The first kappa shape index (κ1) is 19.0. The molecule has 2 aromatic carbocycles. The van der Waals surface area contributed by atoms with E-state index >= 15 is 0 Å². The first-order valence-corrected chi connectivity index (χ1v) is 8.87. The van der Waals surface area contributed by atoms with Gasteiger partial charge >= 0.3 is 0 Å². The van der Waals surface area contributed by atoms with Crippen molar-refractivity contribution in [1.82, 2.24) is 0 Å². The molecule has 0 amide bonds. The van der Waals surface area contributed by atoms with Gasteiger partial charge in [-0.1, -0.05) is 57.1 Å². The SMILES string of the molecule is CCCCCCOc1ccc(C#Cc2ccc(CC)cc2)c(F)c1F. The zero-order chi connectivity index (χ0) is 18.1. The second-order valence-corrected chi connectivity index (χ2v) is 5.95. The zero-order valence-corrected chi connectivity index (χ0v) is 14.9. The van der Waals surface area contributed by atoms with Crippen molar-refractivity contribution in [2.45, 2.75) is 46.0 Å². The van der Waals surface area contributed by atoms with Crippen LogP contribution < -0.4 is 4.74 Å². The lowest BCUT2D eigenvalue weighted by Gasteiger charge is -2.08. The average molecular weight is 342 g/mol. The minimum Gasteiger partial charge on any atom is -0.490 e. The van der Waals surface area contributed by atoms with Crippen molar-refractivity contribution in [1.29, 1.82) is 0 Å². The number of halogens is 2. The molecule has 0 saturated carbocycles. The molecule has 0 aliphatic carbocycles. The molecule has 0 N–H and O–H groups in total. The molecule has 0 aromatic heterocycles. The molecule has 2 rings (SSSR count). The Balaban J connectivity index is 2.05. The van der Waals surface area contributed by atoms with Crippen molar-refractivity contribution in [2.75, 3.05) is 6.61 Å². The fourth-order valence-electron chi connectivity index (χ4n) is 2.41. The molecule has 0 heterocycles. The molecule has 0 fully saturated rings. The number of aryl methyl sites for hydroxylation is 1. The molecule has 0 unspecified atom stereocenters. The van der Waals surface area contributed by atoms with Gasteiger partial charge < -0.3 is 4.74 Å². The number of ether oxygens (including phenoxy) is 1. The van der Waals surface area contributed by atoms with Gasteiger partial charge in [-0.25, -0.2) is 4.39 Å². The van der Waals surface area contributed by atoms with Gasteiger partial charge in [0.15, 0.2) is 11.6 Å². The van der Waals surface area contributed by atoms with E-state index in [2.05, 4.69) is 25.7 Å². The van der Waals surface area contributed by atoms with Gasteiger partial charge in [0.1, 0.15) is 0 Å². The lowest BCUT2D eigenvalue weighted by atomic mass is 10.1. The predicted molar refractivity (Wildman–Crippen MR) is 97.8 cm³/mol. The highest BCUT2D eigenvalue weighted by molar-refractivity contribution is 5.46. The topological polar surface area (TPSA) is 9.23 Å². The van der Waals surface area contributed by atoms with Gasteiger partial charge in [-0.05, 0) is 42.7 Å². The summed E-state index contributed by atoms with van der Waals surface area (Å²) in [5.41, 5.74) is 2.02. The Morgan fingerprint density at radius 1 is 0.840 bits per heavy atom. The van der Waals surface area contributed by atoms with Gasteiger partial charge in [0.2, 0.25) is 5.82 Å². The third kappa shape index (κ3) is 5.60. The van der Waals surface area contributed by atoms with Crippen molar-refractivity contribution in [3.05, 3.63) is 64.7 Å². The summed E-state index contributed by atoms with van der Waals surface area (Å²) in [5, 5.41) is 0. The molecular formula is C22H24F2O. The van der Waals surface area contributed by atoms with Crippen molar-refractivity contribution in [3.63, 3.8) is 0 Å². The molecule has 132 valence electrons. The minimum atomic E-state index is -0.969. The van der Waals surface area contributed by atoms with Crippen LogP contribution in [0, 0.1) is 23.5 Å². The van der Waals surface area contributed by atoms with Crippen LogP contribution >= 0.6 is 0 Å². The van der Waals surface area contributed by atoms with Gasteiger partial charge in [-0.2, -0.15) is 4.39 Å². The molecule has 0 saturated heterocycles. The van der Waals surface area contributed by atoms with E-state index in [1.54, 1.807) is 0 Å². The van der Waals surface area contributed by atoms with Crippen molar-refractivity contribution < 1.29 is 13.5 Å². The molecule has 0 spiro atoms. The first-order chi connectivity index (χ1) is 12.2. The van der Waals surface area contributed by atoms with Crippen LogP contribution in [0.2, 0.25) is 0 Å². The second kappa shape index (κ2) is 9.84. The molecule has 0 aliphatic heterocycles. The van der Waals surface area contributed by atoms with Gasteiger partial charge in [0, 0.05) is 5.56 Å². The van der Waals surface area contributed by atoms with E-state index < -0.39 is 11.6 Å². The van der Waals surface area contributed by atoms with Crippen LogP contribution in [0.25, 0.3) is 0 Å². The minimum absolute atomic E-state index is 0.0374. The molecule has 25 heavy (non-hydrogen) atoms. The quantitative estimate of drug-likeness (QED) is 0.450. The first-order valence-electron chi connectivity index (χ1n) is 8.87. The second-order valence-electron chi connectivity index (χ2n) is 5.95. The van der Waals surface area contributed by atoms with Crippen LogP contribution in [0.3, 0.4) is 0 Å². The van der Waals surface area contributed by atoms with Crippen molar-refractivity contribution >= 4 is 0 Å². The van der Waals surface area contributed by atoms with E-state index in [0.29, 0.717) is 6.61 Å². The van der Waals surface area contributed by atoms with E-state index in [4.69, 9.17) is 4.74 Å². The Bertz CT molecular complexity index is 739. The largest absolute Gasteiger partial charge is 0.490 e. The fraction of sp³-hybridized carbons (Fsp3) is 0.364. The third-order valence-electron chi connectivity index (χ3n) is 4.01. The molecule has 3 heteroatoms. The number of hydrogen-bond donors (Lipinski definition) is 0. The van der Waals surface area contributed by atoms with E-state index in [-0.39, 0.29) is 11.3 Å². The van der Waals surface area contributed by atoms with Gasteiger partial charge in [0.05, 0.1) is 12.2 Å². The maximum absolute atomic E-state index is 14.2. The van der Waals surface area contributed by atoms with Crippen LogP contribution in [0.15, 0.2) is 36.4 Å². The molecule has 2 aromatic rings. The van der Waals surface area contributed by atoms with E-state index in [1.807, 2.05) is 24.3 Å². The third-order valence-corrected chi connectivity index (χ3v) is 4.01. The van der Waals surface area contributed by atoms with E-state index in [1.165, 1.54) is 17.7 Å². The highest BCUT2D eigenvalue weighted by atomic mass is 19.2. The Hall–Kier alpha value is -2.34. The van der Waals surface area contributed by atoms with Gasteiger partial charge in [-0.3, -0.25) is 0 Å². The fourth-order valence-corrected chi connectivity index (χ4v) is 2.41. The van der Waals surface area contributed by atoms with Gasteiger partial charge in [0.25, 0.3) is 0 Å². The molecular weight excluding hydrogens is 318 g/mol. The Labute approximate surface area is 149 Å². The predicted octanol–water partition coefficient (Wildman–Crippen LogP) is 5.89. The van der Waals surface area contributed by atoms with E-state index in [0.717, 1.165) is 37.7 Å². The number of rotatable bonds is 7. The lowest BCUT2D eigenvalue weighted by Crippen LogP contribution is -2.01. The van der Waals surface area contributed by atoms with Crippen molar-refractivity contribution in [3.8, 4) is 17.6 Å². The summed E-state index contributed by atoms with van der Waals surface area (Å²) in [7, 11) is 0. The van der Waals surface area contributed by atoms with E-state index in [9.17, 15) is 8.78 Å². The molecule has 1 nitrogen and oxygen atoms in total. The number of hydrogen-bond acceptors (Lipinski definition) is 1. The van der Waals surface area contributed by atoms with Crippen LogP contribution in [0.4, 0.5) is 8.78 Å². The smallest absolute Gasteiger partial charge is 0.201 e. The molecule has 0 bridgehead atoms. The maximum Gasteiger partial charge on any atom is 0.201 e. The summed E-state index contributed by atoms with van der Waals surface area (Å²) < 4.78 is 33.6. The molecule has 0 aliphatic rings.